The Balaban J connectivity index is 0.000000567. The van der Waals surface area contributed by atoms with Crippen LogP contribution in [0, 0.1) is 0 Å². The summed E-state index contributed by atoms with van der Waals surface area (Å²) in [5.74, 6) is 2.91. The molecule has 0 radical (unpaired) electrons. The average Bonchev–Trinajstić information content (AvgIpc) is 3.12. The zero-order chi connectivity index (χ0) is 22.5. The average molecular weight is 431 g/mol. The number of carbonyl (C=O) groups is 1. The number of fused-ring (bicyclic) bond motifs is 1. The molecule has 0 bridgehead atoms. The maximum atomic E-state index is 8.78. The van der Waals surface area contributed by atoms with E-state index in [2.05, 4.69) is 33.3 Å². The molecule has 4 aromatic rings. The number of benzene rings is 2. The molecule has 1 aliphatic rings. The molecule has 0 aliphatic heterocycles. The molecule has 2 aromatic carbocycles. The van der Waals surface area contributed by atoms with E-state index in [1.54, 1.807) is 6.20 Å². The fourth-order valence-corrected chi connectivity index (χ4v) is 3.72. The van der Waals surface area contributed by atoms with Crippen molar-refractivity contribution in [3.8, 4) is 17.0 Å². The van der Waals surface area contributed by atoms with Crippen molar-refractivity contribution in [3.05, 3.63) is 78.4 Å². The van der Waals surface area contributed by atoms with Crippen LogP contribution in [0.25, 0.3) is 16.8 Å². The number of anilines is 1. The molecular formula is C24H25N5O3. The van der Waals surface area contributed by atoms with Gasteiger partial charge in [0.05, 0.1) is 0 Å². The molecule has 1 amide bonds. The largest absolute Gasteiger partial charge is 0.489 e. The molecule has 0 atom stereocenters. The minimum absolute atomic E-state index is 0.501. The normalized spacial score (nSPS) is 13.1. The van der Waals surface area contributed by atoms with E-state index in [0.29, 0.717) is 18.3 Å². The van der Waals surface area contributed by atoms with Crippen LogP contribution in [-0.2, 0) is 6.61 Å². The van der Waals surface area contributed by atoms with E-state index in [4.69, 9.17) is 25.4 Å². The van der Waals surface area contributed by atoms with Gasteiger partial charge in [-0.15, -0.1) is 0 Å². The molecule has 0 saturated heterocycles. The number of aromatic nitrogens is 3. The number of nitrogen functional groups attached to an aromatic ring is 1. The molecule has 8 heteroatoms. The van der Waals surface area contributed by atoms with Crippen molar-refractivity contribution in [1.82, 2.24) is 14.4 Å². The molecule has 1 fully saturated rings. The Morgan fingerprint density at radius 1 is 1.16 bits per heavy atom. The number of hydrogen-bond donors (Lipinski definition) is 3. The van der Waals surface area contributed by atoms with Crippen molar-refractivity contribution >= 4 is 17.4 Å². The van der Waals surface area contributed by atoms with E-state index in [9.17, 15) is 0 Å². The lowest BCUT2D eigenvalue weighted by Gasteiger charge is -2.23. The first-order valence-electron chi connectivity index (χ1n) is 10.4. The summed E-state index contributed by atoms with van der Waals surface area (Å²) in [5, 5.41) is 7.19. The highest BCUT2D eigenvalue weighted by atomic mass is 16.5. The van der Waals surface area contributed by atoms with E-state index in [0.717, 1.165) is 33.9 Å². The van der Waals surface area contributed by atoms with Gasteiger partial charge in [-0.05, 0) is 30.5 Å². The first kappa shape index (κ1) is 21.2. The van der Waals surface area contributed by atoms with E-state index < -0.39 is 6.09 Å². The van der Waals surface area contributed by atoms with Crippen molar-refractivity contribution in [1.29, 1.82) is 0 Å². The number of nitrogens with zero attached hydrogens (tertiary/aromatic N) is 3. The van der Waals surface area contributed by atoms with Crippen molar-refractivity contribution < 1.29 is 14.6 Å². The Kier molecular flexibility index (Phi) is 6.21. The number of carboxylic acid groups (broad SMARTS) is 1. The predicted molar refractivity (Wildman–Crippen MR) is 122 cm³/mol. The van der Waals surface area contributed by atoms with Crippen LogP contribution in [0.2, 0.25) is 0 Å². The lowest BCUT2D eigenvalue weighted by molar-refractivity contribution is 0.205. The van der Waals surface area contributed by atoms with Gasteiger partial charge in [-0.2, -0.15) is 0 Å². The van der Waals surface area contributed by atoms with Gasteiger partial charge in [0.25, 0.3) is 0 Å². The number of primary amides is 1. The van der Waals surface area contributed by atoms with Crippen LogP contribution in [-0.4, -0.2) is 25.6 Å². The number of amides is 1. The molecule has 5 rings (SSSR count). The Hall–Kier alpha value is -4.07. The Labute approximate surface area is 185 Å². The minimum Gasteiger partial charge on any atom is -0.489 e. The van der Waals surface area contributed by atoms with Crippen LogP contribution in [0.1, 0.15) is 36.6 Å². The van der Waals surface area contributed by atoms with E-state index >= 15 is 0 Å². The summed E-state index contributed by atoms with van der Waals surface area (Å²) in [6.07, 6.45) is 6.00. The van der Waals surface area contributed by atoms with Crippen LogP contribution in [0.5, 0.6) is 5.75 Å². The van der Waals surface area contributed by atoms with Gasteiger partial charge in [0.2, 0.25) is 0 Å². The molecule has 0 spiro atoms. The van der Waals surface area contributed by atoms with Crippen molar-refractivity contribution in [2.75, 3.05) is 5.73 Å². The lowest BCUT2D eigenvalue weighted by atomic mass is 9.85. The zero-order valence-corrected chi connectivity index (χ0v) is 17.5. The summed E-state index contributed by atoms with van der Waals surface area (Å²) in [6, 6.07) is 18.2. The molecular weight excluding hydrogens is 406 g/mol. The fourth-order valence-electron chi connectivity index (χ4n) is 3.72. The van der Waals surface area contributed by atoms with E-state index in [-0.39, 0.29) is 0 Å². The standard InChI is InChI=1S/C23H22N4O.CH3NO2/c24-22-21-20(26-23(17-8-4-9-17)27(21)13-12-25-22)18-10-5-11-19(14-18)28-15-16-6-2-1-3-7-16;2-1(3)4/h1-3,5-7,10-14,17H,4,8-9,15H2,(H2,24,25);2H2,(H,3,4). The van der Waals surface area contributed by atoms with Crippen LogP contribution in [0.3, 0.4) is 0 Å². The summed E-state index contributed by atoms with van der Waals surface area (Å²) in [6.45, 7) is 0.533. The summed E-state index contributed by atoms with van der Waals surface area (Å²) in [4.78, 5) is 18.1. The van der Waals surface area contributed by atoms with Gasteiger partial charge in [-0.3, -0.25) is 4.40 Å². The van der Waals surface area contributed by atoms with E-state index in [1.165, 1.54) is 19.3 Å². The van der Waals surface area contributed by atoms with Crippen molar-refractivity contribution in [3.63, 3.8) is 0 Å². The highest BCUT2D eigenvalue weighted by Crippen LogP contribution is 2.39. The molecule has 0 unspecified atom stereocenters. The predicted octanol–water partition coefficient (Wildman–Crippen LogP) is 4.45. The molecule has 8 nitrogen and oxygen atoms in total. The minimum atomic E-state index is -1.33. The lowest BCUT2D eigenvalue weighted by Crippen LogP contribution is -2.12. The second-order valence-corrected chi connectivity index (χ2v) is 7.62. The number of ether oxygens (including phenoxy) is 1. The molecule has 2 aromatic heterocycles. The number of hydrogen-bond acceptors (Lipinski definition) is 5. The maximum Gasteiger partial charge on any atom is 0.402 e. The highest BCUT2D eigenvalue weighted by molar-refractivity contribution is 5.85. The monoisotopic (exact) mass is 431 g/mol. The first-order valence-corrected chi connectivity index (χ1v) is 10.4. The van der Waals surface area contributed by atoms with Crippen LogP contribution >= 0.6 is 0 Å². The van der Waals surface area contributed by atoms with Crippen molar-refractivity contribution in [2.24, 2.45) is 5.73 Å². The van der Waals surface area contributed by atoms with Crippen LogP contribution in [0.4, 0.5) is 10.6 Å². The SMILES string of the molecule is NC(=O)O.Nc1nccn2c(C3CCC3)nc(-c3cccc(OCc4ccccc4)c3)c12. The molecule has 2 heterocycles. The van der Waals surface area contributed by atoms with Gasteiger partial charge < -0.3 is 21.3 Å². The molecule has 1 aliphatic carbocycles. The topological polar surface area (TPSA) is 129 Å². The fraction of sp³-hybridized carbons (Fsp3) is 0.208. The smallest absolute Gasteiger partial charge is 0.402 e. The maximum absolute atomic E-state index is 8.78. The number of nitrogens with two attached hydrogens (primary N) is 2. The highest BCUT2D eigenvalue weighted by Gasteiger charge is 2.26. The Morgan fingerprint density at radius 3 is 2.59 bits per heavy atom. The summed E-state index contributed by atoms with van der Waals surface area (Å²) >= 11 is 0. The molecule has 32 heavy (non-hydrogen) atoms. The third kappa shape index (κ3) is 4.64. The molecule has 164 valence electrons. The van der Waals surface area contributed by atoms with Gasteiger partial charge in [0, 0.05) is 23.9 Å². The second-order valence-electron chi connectivity index (χ2n) is 7.62. The summed E-state index contributed by atoms with van der Waals surface area (Å²) in [7, 11) is 0. The number of rotatable bonds is 5. The third-order valence-corrected chi connectivity index (χ3v) is 5.44. The van der Waals surface area contributed by atoms with E-state index in [1.807, 2.05) is 42.6 Å². The van der Waals surface area contributed by atoms with Gasteiger partial charge in [0.15, 0.2) is 0 Å². The van der Waals surface area contributed by atoms with Gasteiger partial charge in [-0.25, -0.2) is 14.8 Å². The van der Waals surface area contributed by atoms with Crippen LogP contribution in [0.15, 0.2) is 67.0 Å². The third-order valence-electron chi connectivity index (χ3n) is 5.44. The Bertz CT molecular complexity index is 1220. The van der Waals surface area contributed by atoms with Gasteiger partial charge in [-0.1, -0.05) is 48.9 Å². The summed E-state index contributed by atoms with van der Waals surface area (Å²) < 4.78 is 8.11. The van der Waals surface area contributed by atoms with Gasteiger partial charge in [0.1, 0.15) is 35.2 Å². The zero-order valence-electron chi connectivity index (χ0n) is 17.5. The van der Waals surface area contributed by atoms with Crippen molar-refractivity contribution in [2.45, 2.75) is 31.8 Å². The second kappa shape index (κ2) is 9.38. The quantitative estimate of drug-likeness (QED) is 0.428. The molecule has 1 saturated carbocycles. The summed E-state index contributed by atoms with van der Waals surface area (Å²) in [5.41, 5.74) is 14.2. The van der Waals surface area contributed by atoms with Crippen LogP contribution < -0.4 is 16.2 Å². The molecule has 5 N–H and O–H groups in total. The number of imidazole rings is 1. The first-order chi connectivity index (χ1) is 15.5. The van der Waals surface area contributed by atoms with Gasteiger partial charge >= 0.3 is 6.09 Å². The Morgan fingerprint density at radius 2 is 1.91 bits per heavy atom.